The summed E-state index contributed by atoms with van der Waals surface area (Å²) in [5.74, 6) is 2.23. The van der Waals surface area contributed by atoms with Crippen LogP contribution in [0.1, 0.15) is 6.92 Å². The maximum absolute atomic E-state index is 11.4. The molecule has 0 amide bonds. The summed E-state index contributed by atoms with van der Waals surface area (Å²) in [4.78, 5) is 15.8. The van der Waals surface area contributed by atoms with Gasteiger partial charge in [0.05, 0.1) is 27.0 Å². The Morgan fingerprint density at radius 1 is 0.971 bits per heavy atom. The second-order valence-corrected chi connectivity index (χ2v) is 7.67. The molecule has 1 saturated heterocycles. The number of carbonyl (C=O) groups is 1. The van der Waals surface area contributed by atoms with E-state index in [2.05, 4.69) is 9.80 Å². The minimum atomic E-state index is -0.663. The molecule has 9 nitrogen and oxygen atoms in total. The zero-order valence-electron chi connectivity index (χ0n) is 20.0. The fourth-order valence-corrected chi connectivity index (χ4v) is 3.81. The Morgan fingerprint density at radius 2 is 1.59 bits per heavy atom. The summed E-state index contributed by atoms with van der Waals surface area (Å²) in [5, 5.41) is 10.5. The molecule has 0 bridgehead atoms. The lowest BCUT2D eigenvalue weighted by Crippen LogP contribution is -2.49. The van der Waals surface area contributed by atoms with Crippen LogP contribution in [0.25, 0.3) is 0 Å². The van der Waals surface area contributed by atoms with Crippen molar-refractivity contribution in [1.82, 2.24) is 4.90 Å². The van der Waals surface area contributed by atoms with E-state index in [1.807, 2.05) is 18.2 Å². The number of piperazine rings is 1. The normalized spacial score (nSPS) is 14.6. The predicted molar refractivity (Wildman–Crippen MR) is 131 cm³/mol. The molecule has 10 heteroatoms. The van der Waals surface area contributed by atoms with Gasteiger partial charge in [-0.15, -0.1) is 12.4 Å². The van der Waals surface area contributed by atoms with Gasteiger partial charge < -0.3 is 33.7 Å². The molecule has 2 aromatic rings. The second-order valence-electron chi connectivity index (χ2n) is 7.67. The lowest BCUT2D eigenvalue weighted by atomic mass is 10.2. The Morgan fingerprint density at radius 3 is 2.15 bits per heavy atom. The van der Waals surface area contributed by atoms with Crippen molar-refractivity contribution in [2.45, 2.75) is 13.0 Å². The monoisotopic (exact) mass is 496 g/mol. The molecule has 188 valence electrons. The third kappa shape index (κ3) is 7.06. The smallest absolute Gasteiger partial charge is 0.308 e. The van der Waals surface area contributed by atoms with E-state index in [9.17, 15) is 9.90 Å². The maximum Gasteiger partial charge on any atom is 0.308 e. The van der Waals surface area contributed by atoms with Crippen molar-refractivity contribution in [3.05, 3.63) is 36.4 Å². The summed E-state index contributed by atoms with van der Waals surface area (Å²) in [6.45, 7) is 5.09. The molecule has 1 atom stereocenters. The highest BCUT2D eigenvalue weighted by molar-refractivity contribution is 5.85. The van der Waals surface area contributed by atoms with E-state index in [1.54, 1.807) is 39.5 Å². The molecular formula is C24H33ClN2O7. The molecule has 3 rings (SSSR count). The van der Waals surface area contributed by atoms with Crippen molar-refractivity contribution in [2.24, 2.45) is 0 Å². The van der Waals surface area contributed by atoms with Crippen molar-refractivity contribution in [3.63, 3.8) is 0 Å². The van der Waals surface area contributed by atoms with Crippen LogP contribution in [-0.2, 0) is 4.79 Å². The lowest BCUT2D eigenvalue weighted by molar-refractivity contribution is -0.131. The SMILES string of the molecule is COc1cc(OCC(O)CN2CCN(c3ccccc3OC(C)=O)CC2)cc(OC)c1OC.Cl. The van der Waals surface area contributed by atoms with Crippen LogP contribution in [0.15, 0.2) is 36.4 Å². The molecule has 1 N–H and O–H groups in total. The molecule has 0 aliphatic carbocycles. The first-order valence-electron chi connectivity index (χ1n) is 10.8. The average molecular weight is 497 g/mol. The topological polar surface area (TPSA) is 89.9 Å². The fourth-order valence-electron chi connectivity index (χ4n) is 3.81. The fraction of sp³-hybridized carbons (Fsp3) is 0.458. The number of hydrogen-bond acceptors (Lipinski definition) is 9. The van der Waals surface area contributed by atoms with Crippen molar-refractivity contribution in [2.75, 3.05) is 65.6 Å². The Hall–Kier alpha value is -2.88. The van der Waals surface area contributed by atoms with Crippen LogP contribution < -0.4 is 28.6 Å². The standard InChI is InChI=1S/C24H32N2O7.ClH/c1-17(27)33-21-8-6-5-7-20(21)26-11-9-25(10-12-26)15-18(28)16-32-19-13-22(29-2)24(31-4)23(14-19)30-3;/h5-8,13-14,18,28H,9-12,15-16H2,1-4H3;1H. The first-order valence-corrected chi connectivity index (χ1v) is 10.8. The number of esters is 1. The molecule has 1 aliphatic rings. The first-order chi connectivity index (χ1) is 15.9. The second kappa shape index (κ2) is 13.1. The van der Waals surface area contributed by atoms with Crippen LogP contribution in [-0.4, -0.2) is 82.7 Å². The molecule has 0 radical (unpaired) electrons. The van der Waals surface area contributed by atoms with Crippen LogP contribution >= 0.6 is 12.4 Å². The summed E-state index contributed by atoms with van der Waals surface area (Å²) in [6, 6.07) is 10.9. The Kier molecular flexibility index (Phi) is 10.6. The molecule has 0 aromatic heterocycles. The number of halogens is 1. The van der Waals surface area contributed by atoms with Gasteiger partial charge in [0.1, 0.15) is 18.5 Å². The highest BCUT2D eigenvalue weighted by Gasteiger charge is 2.22. The number of aliphatic hydroxyl groups is 1. The third-order valence-electron chi connectivity index (χ3n) is 5.38. The van der Waals surface area contributed by atoms with E-state index in [1.165, 1.54) is 6.92 Å². The molecular weight excluding hydrogens is 464 g/mol. The van der Waals surface area contributed by atoms with Gasteiger partial charge in [0.15, 0.2) is 17.2 Å². The summed E-state index contributed by atoms with van der Waals surface area (Å²) in [5.41, 5.74) is 0.902. The van der Waals surface area contributed by atoms with Crippen molar-refractivity contribution >= 4 is 24.1 Å². The van der Waals surface area contributed by atoms with E-state index in [0.29, 0.717) is 35.3 Å². The molecule has 34 heavy (non-hydrogen) atoms. The number of para-hydroxylation sites is 2. The number of carbonyl (C=O) groups excluding carboxylic acids is 1. The number of aliphatic hydroxyl groups excluding tert-OH is 1. The van der Waals surface area contributed by atoms with Gasteiger partial charge >= 0.3 is 5.97 Å². The zero-order chi connectivity index (χ0) is 23.8. The highest BCUT2D eigenvalue weighted by atomic mass is 35.5. The summed E-state index contributed by atoms with van der Waals surface area (Å²) in [6.07, 6.45) is -0.663. The van der Waals surface area contributed by atoms with E-state index in [0.717, 1.165) is 31.9 Å². The Balaban J connectivity index is 0.00000408. The van der Waals surface area contributed by atoms with Crippen molar-refractivity contribution in [3.8, 4) is 28.7 Å². The lowest BCUT2D eigenvalue weighted by Gasteiger charge is -2.37. The molecule has 1 aliphatic heterocycles. The number of methoxy groups -OCH3 is 3. The van der Waals surface area contributed by atoms with E-state index >= 15 is 0 Å². The van der Waals surface area contributed by atoms with Gasteiger partial charge in [-0.05, 0) is 12.1 Å². The molecule has 1 fully saturated rings. The van der Waals surface area contributed by atoms with Gasteiger partial charge in [0, 0.05) is 51.8 Å². The van der Waals surface area contributed by atoms with Gasteiger partial charge in [-0.3, -0.25) is 9.69 Å². The minimum Gasteiger partial charge on any atom is -0.493 e. The van der Waals surface area contributed by atoms with Crippen LogP contribution in [0.5, 0.6) is 28.7 Å². The van der Waals surface area contributed by atoms with Crippen LogP contribution in [0.3, 0.4) is 0 Å². The molecule has 1 heterocycles. The molecule has 0 spiro atoms. The number of hydrogen-bond donors (Lipinski definition) is 1. The number of anilines is 1. The average Bonchev–Trinajstić information content (AvgIpc) is 2.82. The van der Waals surface area contributed by atoms with Crippen molar-refractivity contribution < 1.29 is 33.6 Å². The number of rotatable bonds is 10. The Labute approximate surface area is 206 Å². The van der Waals surface area contributed by atoms with Crippen LogP contribution in [0.4, 0.5) is 5.69 Å². The highest BCUT2D eigenvalue weighted by Crippen LogP contribution is 2.40. The van der Waals surface area contributed by atoms with Crippen LogP contribution in [0, 0.1) is 0 Å². The van der Waals surface area contributed by atoms with E-state index in [4.69, 9.17) is 23.7 Å². The largest absolute Gasteiger partial charge is 0.493 e. The van der Waals surface area contributed by atoms with Gasteiger partial charge in [0.25, 0.3) is 0 Å². The number of benzene rings is 2. The number of β-amino-alcohol motifs (C(OH)–C–C–N with tert-alkyl or cyclic N) is 1. The van der Waals surface area contributed by atoms with Crippen LogP contribution in [0.2, 0.25) is 0 Å². The minimum absolute atomic E-state index is 0. The van der Waals surface area contributed by atoms with Gasteiger partial charge in [-0.1, -0.05) is 12.1 Å². The third-order valence-corrected chi connectivity index (χ3v) is 5.38. The molecule has 0 saturated carbocycles. The predicted octanol–water partition coefficient (Wildman–Crippen LogP) is 2.62. The zero-order valence-corrected chi connectivity index (χ0v) is 20.8. The van der Waals surface area contributed by atoms with Crippen molar-refractivity contribution in [1.29, 1.82) is 0 Å². The quantitative estimate of drug-likeness (QED) is 0.393. The van der Waals surface area contributed by atoms with Gasteiger partial charge in [-0.2, -0.15) is 0 Å². The van der Waals surface area contributed by atoms with E-state index < -0.39 is 6.10 Å². The maximum atomic E-state index is 11.4. The Bertz CT molecular complexity index is 910. The summed E-state index contributed by atoms with van der Waals surface area (Å²) in [7, 11) is 4.62. The summed E-state index contributed by atoms with van der Waals surface area (Å²) < 4.78 is 27.1. The van der Waals surface area contributed by atoms with Gasteiger partial charge in [-0.25, -0.2) is 0 Å². The van der Waals surface area contributed by atoms with Gasteiger partial charge in [0.2, 0.25) is 5.75 Å². The first kappa shape index (κ1) is 27.4. The molecule has 1 unspecified atom stereocenters. The molecule has 2 aromatic carbocycles. The van der Waals surface area contributed by atoms with E-state index in [-0.39, 0.29) is 25.0 Å². The number of nitrogens with zero attached hydrogens (tertiary/aromatic N) is 2. The summed E-state index contributed by atoms with van der Waals surface area (Å²) >= 11 is 0. The number of ether oxygens (including phenoxy) is 5.